The molecule has 1 aliphatic carbocycles. The van der Waals surface area contributed by atoms with E-state index in [2.05, 4.69) is 0 Å². The summed E-state index contributed by atoms with van der Waals surface area (Å²) in [5, 5.41) is 9.35. The smallest absolute Gasteiger partial charge is 0.254 e. The summed E-state index contributed by atoms with van der Waals surface area (Å²) < 4.78 is 0. The number of aryl methyl sites for hydroxylation is 1. The molecular formula is C14H18N2O2. The molecule has 2 aliphatic rings. The Morgan fingerprint density at radius 2 is 2.11 bits per heavy atom. The first-order valence-corrected chi connectivity index (χ1v) is 6.37. The zero-order valence-electron chi connectivity index (χ0n) is 10.5. The monoisotopic (exact) mass is 246 g/mol. The molecule has 3 rings (SSSR count). The number of nitrogens with two attached hydrogens (primary N) is 1. The first kappa shape index (κ1) is 11.5. The van der Waals surface area contributed by atoms with E-state index >= 15 is 0 Å². The molecule has 3 N–H and O–H groups in total. The van der Waals surface area contributed by atoms with Gasteiger partial charge in [-0.25, -0.2) is 0 Å². The largest absolute Gasteiger partial charge is 0.508 e. The lowest BCUT2D eigenvalue weighted by atomic mass is 9.85. The Morgan fingerprint density at radius 3 is 2.67 bits per heavy atom. The Bertz CT molecular complexity index is 503. The summed E-state index contributed by atoms with van der Waals surface area (Å²) in [4.78, 5) is 14.1. The van der Waals surface area contributed by atoms with E-state index in [0.29, 0.717) is 24.6 Å². The fraction of sp³-hybridized carbons (Fsp3) is 0.500. The van der Waals surface area contributed by atoms with Crippen LogP contribution in [-0.2, 0) is 0 Å². The average molecular weight is 246 g/mol. The van der Waals surface area contributed by atoms with Crippen molar-refractivity contribution < 1.29 is 9.90 Å². The first-order chi connectivity index (χ1) is 8.49. The minimum Gasteiger partial charge on any atom is -0.508 e. The van der Waals surface area contributed by atoms with Gasteiger partial charge in [0.05, 0.1) is 5.54 Å². The number of nitrogens with zero attached hydrogens (tertiary/aromatic N) is 1. The van der Waals surface area contributed by atoms with Crippen LogP contribution in [-0.4, -0.2) is 34.5 Å². The highest BCUT2D eigenvalue weighted by Crippen LogP contribution is 2.43. The van der Waals surface area contributed by atoms with Crippen LogP contribution in [0.25, 0.3) is 0 Å². The number of phenolic OH excluding ortho intramolecular Hbond substituents is 1. The van der Waals surface area contributed by atoms with E-state index in [1.165, 1.54) is 12.8 Å². The van der Waals surface area contributed by atoms with E-state index < -0.39 is 0 Å². The predicted molar refractivity (Wildman–Crippen MR) is 68.4 cm³/mol. The molecule has 1 aromatic rings. The Kier molecular flexibility index (Phi) is 2.38. The van der Waals surface area contributed by atoms with Crippen molar-refractivity contribution in [3.8, 4) is 5.75 Å². The second-order valence-electron chi connectivity index (χ2n) is 5.67. The number of hydrogen-bond acceptors (Lipinski definition) is 3. The number of likely N-dealkylation sites (tertiary alicyclic amines) is 1. The number of aromatic hydroxyl groups is 1. The van der Waals surface area contributed by atoms with Gasteiger partial charge in [0.1, 0.15) is 5.75 Å². The number of phenols is 1. The quantitative estimate of drug-likeness (QED) is 0.825. The highest BCUT2D eigenvalue weighted by Gasteiger charge is 2.51. The Hall–Kier alpha value is -1.55. The maximum absolute atomic E-state index is 12.3. The molecule has 96 valence electrons. The second kappa shape index (κ2) is 3.72. The molecular weight excluding hydrogens is 228 g/mol. The van der Waals surface area contributed by atoms with E-state index in [9.17, 15) is 9.90 Å². The zero-order chi connectivity index (χ0) is 12.9. The molecule has 2 fully saturated rings. The standard InChI is InChI=1S/C14H18N2O2/c1-9-6-11(17)4-5-12(9)13(18)16-7-14(15,8-16)10-2-3-10/h4-6,10,17H,2-3,7-8,15H2,1H3. The molecule has 18 heavy (non-hydrogen) atoms. The molecule has 4 heteroatoms. The predicted octanol–water partition coefficient (Wildman–Crippen LogP) is 1.26. The van der Waals surface area contributed by atoms with Crippen LogP contribution in [0.5, 0.6) is 5.75 Å². The minimum atomic E-state index is -0.138. The molecule has 0 spiro atoms. The Morgan fingerprint density at radius 1 is 1.44 bits per heavy atom. The molecule has 1 aliphatic heterocycles. The number of rotatable bonds is 2. The Balaban J connectivity index is 1.72. The summed E-state index contributed by atoms with van der Waals surface area (Å²) in [6, 6.07) is 4.85. The summed E-state index contributed by atoms with van der Waals surface area (Å²) in [7, 11) is 0. The van der Waals surface area contributed by atoms with E-state index in [4.69, 9.17) is 5.73 Å². The molecule has 0 bridgehead atoms. The fourth-order valence-electron chi connectivity index (χ4n) is 2.78. The fourth-order valence-corrected chi connectivity index (χ4v) is 2.78. The summed E-state index contributed by atoms with van der Waals surface area (Å²) in [5.41, 5.74) is 7.57. The summed E-state index contributed by atoms with van der Waals surface area (Å²) in [5.74, 6) is 0.829. The van der Waals surface area contributed by atoms with Gasteiger partial charge in [0.25, 0.3) is 5.91 Å². The van der Waals surface area contributed by atoms with Gasteiger partial charge in [-0.2, -0.15) is 0 Å². The van der Waals surface area contributed by atoms with Gasteiger partial charge in [0.15, 0.2) is 0 Å². The van der Waals surface area contributed by atoms with Gasteiger partial charge < -0.3 is 15.7 Å². The lowest BCUT2D eigenvalue weighted by molar-refractivity contribution is 0.0350. The number of carbonyl (C=O) groups excluding carboxylic acids is 1. The summed E-state index contributed by atoms with van der Waals surface area (Å²) in [6.45, 7) is 3.16. The van der Waals surface area contributed by atoms with Gasteiger partial charge in [-0.1, -0.05) is 0 Å². The molecule has 1 saturated carbocycles. The van der Waals surface area contributed by atoms with Crippen LogP contribution < -0.4 is 5.73 Å². The normalized spacial score (nSPS) is 21.6. The molecule has 0 radical (unpaired) electrons. The number of amides is 1. The lowest BCUT2D eigenvalue weighted by Gasteiger charge is -2.48. The SMILES string of the molecule is Cc1cc(O)ccc1C(=O)N1CC(N)(C2CC2)C1. The van der Waals surface area contributed by atoms with Gasteiger partial charge >= 0.3 is 0 Å². The van der Waals surface area contributed by atoms with Crippen LogP contribution in [0.1, 0.15) is 28.8 Å². The van der Waals surface area contributed by atoms with Gasteiger partial charge in [0.2, 0.25) is 0 Å². The number of benzene rings is 1. The van der Waals surface area contributed by atoms with Crippen molar-refractivity contribution in [3.05, 3.63) is 29.3 Å². The number of hydrogen-bond donors (Lipinski definition) is 2. The van der Waals surface area contributed by atoms with E-state index in [1.807, 2.05) is 6.92 Å². The van der Waals surface area contributed by atoms with E-state index in [1.54, 1.807) is 23.1 Å². The molecule has 1 amide bonds. The zero-order valence-corrected chi connectivity index (χ0v) is 10.5. The third kappa shape index (κ3) is 1.77. The highest BCUT2D eigenvalue weighted by atomic mass is 16.3. The molecule has 1 aromatic carbocycles. The maximum atomic E-state index is 12.3. The molecule has 1 heterocycles. The van der Waals surface area contributed by atoms with Crippen LogP contribution in [0.3, 0.4) is 0 Å². The summed E-state index contributed by atoms with van der Waals surface area (Å²) >= 11 is 0. The van der Waals surface area contributed by atoms with Crippen molar-refractivity contribution in [2.45, 2.75) is 25.3 Å². The number of carbonyl (C=O) groups is 1. The van der Waals surface area contributed by atoms with E-state index in [-0.39, 0.29) is 17.2 Å². The molecule has 0 aromatic heterocycles. The van der Waals surface area contributed by atoms with Crippen LogP contribution in [0.2, 0.25) is 0 Å². The van der Waals surface area contributed by atoms with Crippen molar-refractivity contribution in [1.29, 1.82) is 0 Å². The van der Waals surface area contributed by atoms with Crippen molar-refractivity contribution in [2.24, 2.45) is 11.7 Å². The second-order valence-corrected chi connectivity index (χ2v) is 5.67. The van der Waals surface area contributed by atoms with Crippen LogP contribution >= 0.6 is 0 Å². The molecule has 0 unspecified atom stereocenters. The van der Waals surface area contributed by atoms with Gasteiger partial charge in [-0.3, -0.25) is 4.79 Å². The van der Waals surface area contributed by atoms with Crippen LogP contribution in [0.15, 0.2) is 18.2 Å². The Labute approximate surface area is 106 Å². The van der Waals surface area contributed by atoms with Gasteiger partial charge in [-0.15, -0.1) is 0 Å². The van der Waals surface area contributed by atoms with Crippen LogP contribution in [0.4, 0.5) is 0 Å². The lowest BCUT2D eigenvalue weighted by Crippen LogP contribution is -2.69. The maximum Gasteiger partial charge on any atom is 0.254 e. The topological polar surface area (TPSA) is 66.6 Å². The molecule has 4 nitrogen and oxygen atoms in total. The van der Waals surface area contributed by atoms with Gasteiger partial charge in [-0.05, 0) is 49.4 Å². The highest BCUT2D eigenvalue weighted by molar-refractivity contribution is 5.96. The average Bonchev–Trinajstić information content (AvgIpc) is 3.08. The van der Waals surface area contributed by atoms with Crippen molar-refractivity contribution in [2.75, 3.05) is 13.1 Å². The minimum absolute atomic E-state index is 0.0224. The van der Waals surface area contributed by atoms with E-state index in [0.717, 1.165) is 5.56 Å². The van der Waals surface area contributed by atoms with Crippen molar-refractivity contribution in [1.82, 2.24) is 4.90 Å². The van der Waals surface area contributed by atoms with Crippen LogP contribution in [0, 0.1) is 12.8 Å². The summed E-state index contributed by atoms with van der Waals surface area (Å²) in [6.07, 6.45) is 2.41. The van der Waals surface area contributed by atoms with Crippen molar-refractivity contribution >= 4 is 5.91 Å². The third-order valence-corrected chi connectivity index (χ3v) is 4.09. The molecule has 1 saturated heterocycles. The molecule has 0 atom stereocenters. The van der Waals surface area contributed by atoms with Crippen molar-refractivity contribution in [3.63, 3.8) is 0 Å². The third-order valence-electron chi connectivity index (χ3n) is 4.09. The first-order valence-electron chi connectivity index (χ1n) is 6.37. The van der Waals surface area contributed by atoms with Gasteiger partial charge in [0, 0.05) is 18.7 Å².